The number of hydrogen-bond donors (Lipinski definition) is 0. The lowest BCUT2D eigenvalue weighted by molar-refractivity contribution is -0.130. The summed E-state index contributed by atoms with van der Waals surface area (Å²) in [6.07, 6.45) is 16.9. The van der Waals surface area contributed by atoms with Crippen LogP contribution in [0.4, 0.5) is 0 Å². The topological polar surface area (TPSA) is 54.0 Å². The van der Waals surface area contributed by atoms with Crippen LogP contribution in [0, 0.1) is 46.3 Å². The van der Waals surface area contributed by atoms with E-state index in [4.69, 9.17) is 17.7 Å². The number of Topliss-reactive ketones (excluding diaryl/α,β-unsaturated/α-hetero) is 1. The van der Waals surface area contributed by atoms with Crippen LogP contribution in [0.3, 0.4) is 0 Å². The highest BCUT2D eigenvalue weighted by Crippen LogP contribution is 2.61. The van der Waals surface area contributed by atoms with Crippen molar-refractivity contribution in [2.45, 2.75) is 324 Å². The molecule has 0 heterocycles. The zero-order valence-electron chi connectivity index (χ0n) is 52.5. The Kier molecular flexibility index (Phi) is 21.5. The van der Waals surface area contributed by atoms with E-state index in [0.29, 0.717) is 34.9 Å². The van der Waals surface area contributed by atoms with Gasteiger partial charge in [-0.2, -0.15) is 0 Å². The molecule has 0 aromatic carbocycles. The summed E-state index contributed by atoms with van der Waals surface area (Å²) < 4.78 is 28.6. The molecular formula is C61H121BrO5Si4. The second kappa shape index (κ2) is 23.1. The van der Waals surface area contributed by atoms with Gasteiger partial charge in [0.05, 0.1) is 23.4 Å². The summed E-state index contributed by atoms with van der Waals surface area (Å²) in [5.74, 6) is 4.39. The molecule has 0 saturated heterocycles. The normalized spacial score (nSPS) is 29.0. The van der Waals surface area contributed by atoms with Crippen LogP contribution in [0.25, 0.3) is 0 Å². The molecule has 71 heavy (non-hydrogen) atoms. The van der Waals surface area contributed by atoms with Gasteiger partial charge in [0.25, 0.3) is 0 Å². The quantitative estimate of drug-likeness (QED) is 0.128. The van der Waals surface area contributed by atoms with Crippen molar-refractivity contribution in [2.75, 3.05) is 0 Å². The molecule has 4 aliphatic rings. The first kappa shape index (κ1) is 65.9. The fraction of sp³-hybridized carbons (Fsp3) is 0.951. The number of rotatable bonds is 18. The lowest BCUT2D eigenvalue weighted by atomic mass is 9.61. The van der Waals surface area contributed by atoms with Crippen molar-refractivity contribution in [1.29, 1.82) is 0 Å². The fourth-order valence-corrected chi connectivity index (χ4v) is 20.2. The maximum absolute atomic E-state index is 12.7. The molecule has 10 heteroatoms. The first-order chi connectivity index (χ1) is 31.6. The maximum Gasteiger partial charge on any atom is 0.192 e. The summed E-state index contributed by atoms with van der Waals surface area (Å²) in [6.45, 7) is 66.4. The van der Waals surface area contributed by atoms with Crippen LogP contribution in [0.15, 0.2) is 10.6 Å². The Labute approximate surface area is 455 Å². The molecule has 0 aromatic heterocycles. The van der Waals surface area contributed by atoms with Gasteiger partial charge in [0.2, 0.25) is 0 Å². The minimum Gasteiger partial charge on any atom is -0.411 e. The van der Waals surface area contributed by atoms with Crippen molar-refractivity contribution >= 4 is 55.0 Å². The van der Waals surface area contributed by atoms with E-state index in [2.05, 4.69) is 212 Å². The number of allylic oxidation sites excluding steroid dienone is 1. The summed E-state index contributed by atoms with van der Waals surface area (Å²) in [7, 11) is -7.78. The molecule has 0 N–H and O–H groups in total. The third kappa shape index (κ3) is 15.5. The first-order valence-corrected chi connectivity index (χ1v) is 41.8. The lowest BCUT2D eigenvalue weighted by Crippen LogP contribution is -2.56. The summed E-state index contributed by atoms with van der Waals surface area (Å²) in [5.41, 5.74) is 1.71. The van der Waals surface area contributed by atoms with Crippen LogP contribution in [-0.2, 0) is 22.5 Å². The van der Waals surface area contributed by atoms with Crippen LogP contribution in [0.2, 0.25) is 72.5 Å². The highest BCUT2D eigenvalue weighted by Gasteiger charge is 2.55. The van der Waals surface area contributed by atoms with Crippen molar-refractivity contribution in [1.82, 2.24) is 0 Å². The number of ketones is 1. The Morgan fingerprint density at radius 3 is 1.18 bits per heavy atom. The number of halogens is 1. The second-order valence-electron chi connectivity index (χ2n) is 32.1. The molecule has 418 valence electrons. The smallest absolute Gasteiger partial charge is 0.192 e. The molecule has 0 aromatic rings. The molecule has 5 nitrogen and oxygen atoms in total. The molecule has 0 aliphatic heterocycles. The maximum atomic E-state index is 12.7. The van der Waals surface area contributed by atoms with Gasteiger partial charge in [-0.1, -0.05) is 132 Å². The largest absolute Gasteiger partial charge is 0.411 e. The van der Waals surface area contributed by atoms with Gasteiger partial charge in [0.1, 0.15) is 5.78 Å². The van der Waals surface area contributed by atoms with E-state index in [1.54, 1.807) is 5.57 Å². The van der Waals surface area contributed by atoms with E-state index >= 15 is 0 Å². The van der Waals surface area contributed by atoms with Gasteiger partial charge in [-0.15, -0.1) is 0 Å². The van der Waals surface area contributed by atoms with Crippen molar-refractivity contribution in [3.05, 3.63) is 10.6 Å². The van der Waals surface area contributed by atoms with Gasteiger partial charge in [0.15, 0.2) is 33.3 Å². The zero-order chi connectivity index (χ0) is 55.2. The molecule has 10 atom stereocenters. The van der Waals surface area contributed by atoms with Crippen LogP contribution in [-0.4, -0.2) is 62.5 Å². The monoisotopic (exact) mass is 1120 g/mol. The molecule has 4 aliphatic carbocycles. The number of fused-ring (bicyclic) bond motifs is 2. The summed E-state index contributed by atoms with van der Waals surface area (Å²) in [6, 6.07) is 0. The van der Waals surface area contributed by atoms with E-state index in [0.717, 1.165) is 50.4 Å². The van der Waals surface area contributed by atoms with Crippen molar-refractivity contribution in [2.24, 2.45) is 46.3 Å². The molecule has 4 rings (SSSR count). The van der Waals surface area contributed by atoms with Crippen LogP contribution in [0.5, 0.6) is 0 Å². The Balaban J connectivity index is 0.000000375. The van der Waals surface area contributed by atoms with Gasteiger partial charge in [-0.3, -0.25) is 4.79 Å². The molecule has 0 radical (unpaired) electrons. The number of carbonyl (C=O) groups excluding carboxylic acids is 1. The average molecular weight is 1130 g/mol. The summed E-state index contributed by atoms with van der Waals surface area (Å²) in [4.78, 5) is 14.9. The van der Waals surface area contributed by atoms with Crippen molar-refractivity contribution in [3.63, 3.8) is 0 Å². The standard InChI is InChI=1S/C31H61BrO2Si2.C30H60O3Si2/c1-23(25-18-19-26-24(22-32)16-15-21-31(25,26)10)17-20-27(33-35(11,12)28(2,3)4)30(8,9)34-36(13,14)29(5,6)7;1-22(23-18-19-24-25(31)16-15-21-30(23,24)10)17-20-26(32-34(11,12)27(2,3)4)29(8,9)33-35(13,14)28(5,6)7/h22-23,25-27H,15-21H2,1-14H3;22-24,26H,15-21H2,1-14H3/b24-22+;/t23-,25-,26+,27+,31-;22-,23-,24+,26+,30-/m11/s1. The predicted octanol–water partition coefficient (Wildman–Crippen LogP) is 20.5. The van der Waals surface area contributed by atoms with Crippen molar-refractivity contribution in [3.8, 4) is 0 Å². The van der Waals surface area contributed by atoms with E-state index < -0.39 is 33.3 Å². The SMILES string of the molecule is C[C@H](CC[C@H](O[Si](C)(C)C(C)(C)C)C(C)(C)O[Si](C)(C)C(C)(C)C)[C@H]1CC[C@H]2/C(=C/Br)CCC[C@]12C.C[C@H](CC[C@H](O[Si](C)(C)C(C)(C)C)C(C)(C)O[Si](C)(C)C(C)(C)C)[C@H]1CC[C@H]2C(=O)CCC[C@]12C. The Morgan fingerprint density at radius 1 is 0.521 bits per heavy atom. The molecule has 4 fully saturated rings. The lowest BCUT2D eigenvalue weighted by Gasteiger charge is -2.49. The number of carbonyl (C=O) groups is 1. The van der Waals surface area contributed by atoms with Crippen LogP contribution >= 0.6 is 15.9 Å². The summed E-state index contributed by atoms with van der Waals surface area (Å²) >= 11 is 3.70. The van der Waals surface area contributed by atoms with Crippen molar-refractivity contribution < 1.29 is 22.5 Å². The van der Waals surface area contributed by atoms with E-state index in [9.17, 15) is 4.79 Å². The summed E-state index contributed by atoms with van der Waals surface area (Å²) in [5, 5.41) is 0.712. The molecular weight excluding hydrogens is 1000 g/mol. The highest BCUT2D eigenvalue weighted by molar-refractivity contribution is 9.11. The first-order valence-electron chi connectivity index (χ1n) is 29.2. The zero-order valence-corrected chi connectivity index (χ0v) is 58.1. The molecule has 0 amide bonds. The molecule has 4 saturated carbocycles. The minimum atomic E-state index is -1.96. The van der Waals surface area contributed by atoms with Gasteiger partial charge >= 0.3 is 0 Å². The van der Waals surface area contributed by atoms with Gasteiger partial charge in [-0.05, 0) is 229 Å². The predicted molar refractivity (Wildman–Crippen MR) is 324 cm³/mol. The third-order valence-corrected chi connectivity index (χ3v) is 40.8. The highest BCUT2D eigenvalue weighted by atomic mass is 79.9. The molecule has 0 spiro atoms. The van der Waals surface area contributed by atoms with Crippen LogP contribution < -0.4 is 0 Å². The molecule has 0 bridgehead atoms. The average Bonchev–Trinajstić information content (AvgIpc) is 3.72. The van der Waals surface area contributed by atoms with Gasteiger partial charge < -0.3 is 17.7 Å². The fourth-order valence-electron chi connectivity index (χ4n) is 13.2. The van der Waals surface area contributed by atoms with Gasteiger partial charge in [-0.25, -0.2) is 0 Å². The third-order valence-electron chi connectivity index (χ3n) is 21.9. The van der Waals surface area contributed by atoms with Crippen LogP contribution in [0.1, 0.15) is 228 Å². The number of hydrogen-bond acceptors (Lipinski definition) is 5. The van der Waals surface area contributed by atoms with Gasteiger partial charge in [0, 0.05) is 12.3 Å². The second-order valence-corrected chi connectivity index (χ2v) is 51.5. The van der Waals surface area contributed by atoms with E-state index in [-0.39, 0.29) is 49.0 Å². The minimum absolute atomic E-state index is 0.0814. The molecule has 0 unspecified atom stereocenters. The Bertz CT molecular complexity index is 1780. The Hall–Kier alpha value is 0.598. The Morgan fingerprint density at radius 2 is 0.845 bits per heavy atom. The van der Waals surface area contributed by atoms with E-state index in [1.807, 2.05) is 0 Å². The van der Waals surface area contributed by atoms with E-state index in [1.165, 1.54) is 51.4 Å².